The fraction of sp³-hybridized carbons (Fsp3) is 0.727. The molecule has 0 spiro atoms. The molecule has 8 heteroatoms. The number of nitrogens with one attached hydrogen (secondary N) is 1. The highest BCUT2D eigenvalue weighted by Gasteiger charge is 2.21. The minimum absolute atomic E-state index is 0.101. The summed E-state index contributed by atoms with van der Waals surface area (Å²) in [6, 6.07) is 0. The van der Waals surface area contributed by atoms with Crippen LogP contribution >= 0.6 is 11.6 Å². The smallest absolute Gasteiger partial charge is 0.261 e. The second kappa shape index (κ2) is 7.23. The molecule has 0 fully saturated rings. The highest BCUT2D eigenvalue weighted by Crippen LogP contribution is 2.17. The minimum atomic E-state index is -3.64. The van der Waals surface area contributed by atoms with E-state index in [1.165, 1.54) is 10.9 Å². The fourth-order valence-corrected chi connectivity index (χ4v) is 2.84. The largest absolute Gasteiger partial charge is 0.381 e. The topological polar surface area (TPSA) is 73.2 Å². The van der Waals surface area contributed by atoms with Crippen molar-refractivity contribution < 1.29 is 13.2 Å². The summed E-state index contributed by atoms with van der Waals surface area (Å²) in [5, 5.41) is -0.0386. The molecule has 0 aliphatic carbocycles. The molecule has 0 bridgehead atoms. The van der Waals surface area contributed by atoms with E-state index in [2.05, 4.69) is 23.6 Å². The third kappa shape index (κ3) is 5.10. The molecule has 0 saturated heterocycles. The summed E-state index contributed by atoms with van der Waals surface area (Å²) in [7, 11) is -2.01. The van der Waals surface area contributed by atoms with E-state index >= 15 is 0 Å². The summed E-state index contributed by atoms with van der Waals surface area (Å²) in [4.78, 5) is 3.77. The van der Waals surface area contributed by atoms with Crippen molar-refractivity contribution >= 4 is 21.6 Å². The van der Waals surface area contributed by atoms with Crippen molar-refractivity contribution in [2.24, 2.45) is 13.0 Å². The molecule has 0 aliphatic rings. The van der Waals surface area contributed by atoms with E-state index < -0.39 is 10.0 Å². The lowest BCUT2D eigenvalue weighted by Crippen LogP contribution is -2.26. The average Bonchev–Trinajstić information content (AvgIpc) is 2.65. The maximum atomic E-state index is 11.9. The summed E-state index contributed by atoms with van der Waals surface area (Å²) in [5.41, 5.74) is 0. The molecule has 19 heavy (non-hydrogen) atoms. The lowest BCUT2D eigenvalue weighted by molar-refractivity contribution is 0.108. The summed E-state index contributed by atoms with van der Waals surface area (Å²) in [6.45, 7) is 5.63. The predicted octanol–water partition coefficient (Wildman–Crippen LogP) is 1.41. The first-order valence-corrected chi connectivity index (χ1v) is 7.95. The number of ether oxygens (including phenoxy) is 1. The monoisotopic (exact) mass is 309 g/mol. The van der Waals surface area contributed by atoms with Crippen molar-refractivity contribution in [3.63, 3.8) is 0 Å². The Morgan fingerprint density at radius 2 is 2.21 bits per heavy atom. The van der Waals surface area contributed by atoms with Crippen LogP contribution in [0.15, 0.2) is 11.4 Å². The van der Waals surface area contributed by atoms with Crippen LogP contribution in [0.4, 0.5) is 0 Å². The average molecular weight is 310 g/mol. The van der Waals surface area contributed by atoms with Gasteiger partial charge in [-0.1, -0.05) is 25.4 Å². The van der Waals surface area contributed by atoms with Crippen LogP contribution in [0, 0.1) is 5.92 Å². The fourth-order valence-electron chi connectivity index (χ4n) is 1.34. The van der Waals surface area contributed by atoms with Crippen LogP contribution in [0.2, 0.25) is 5.15 Å². The number of sulfonamides is 1. The van der Waals surface area contributed by atoms with Gasteiger partial charge in [0.25, 0.3) is 10.0 Å². The van der Waals surface area contributed by atoms with Crippen LogP contribution in [0.5, 0.6) is 0 Å². The Hall–Kier alpha value is -0.630. The van der Waals surface area contributed by atoms with Gasteiger partial charge in [0.2, 0.25) is 5.03 Å². The molecule has 0 aromatic carbocycles. The van der Waals surface area contributed by atoms with E-state index in [-0.39, 0.29) is 10.2 Å². The highest BCUT2D eigenvalue weighted by molar-refractivity contribution is 7.89. The SMILES string of the molecule is CC(C)COCCCNS(=O)(=O)c1ncn(C)c1Cl. The molecular formula is C11H20ClN3O3S. The van der Waals surface area contributed by atoms with E-state index in [0.717, 1.165) is 0 Å². The molecular weight excluding hydrogens is 290 g/mol. The number of imidazole rings is 1. The zero-order valence-electron chi connectivity index (χ0n) is 11.4. The van der Waals surface area contributed by atoms with Crippen LogP contribution in [-0.2, 0) is 21.8 Å². The molecule has 0 aliphatic heterocycles. The number of hydrogen-bond donors (Lipinski definition) is 1. The van der Waals surface area contributed by atoms with Gasteiger partial charge in [-0.2, -0.15) is 0 Å². The van der Waals surface area contributed by atoms with Crippen LogP contribution in [0.1, 0.15) is 20.3 Å². The standard InChI is InChI=1S/C11H20ClN3O3S/c1-9(2)7-18-6-4-5-14-19(16,17)11-10(12)15(3)8-13-11/h8-9,14H,4-7H2,1-3H3. The number of halogens is 1. The van der Waals surface area contributed by atoms with Gasteiger partial charge < -0.3 is 9.30 Å². The van der Waals surface area contributed by atoms with Gasteiger partial charge in [-0.3, -0.25) is 0 Å². The predicted molar refractivity (Wildman–Crippen MR) is 73.7 cm³/mol. The maximum Gasteiger partial charge on any atom is 0.261 e. The second-order valence-electron chi connectivity index (χ2n) is 4.67. The molecule has 0 unspecified atom stereocenters. The molecule has 0 radical (unpaired) electrons. The Morgan fingerprint density at radius 1 is 1.53 bits per heavy atom. The van der Waals surface area contributed by atoms with Crippen molar-refractivity contribution in [3.05, 3.63) is 11.5 Å². The third-order valence-corrected chi connectivity index (χ3v) is 4.25. The van der Waals surface area contributed by atoms with Crippen molar-refractivity contribution in [2.45, 2.75) is 25.3 Å². The van der Waals surface area contributed by atoms with Gasteiger partial charge in [0.1, 0.15) is 5.15 Å². The first kappa shape index (κ1) is 16.4. The molecule has 0 saturated carbocycles. The summed E-state index contributed by atoms with van der Waals surface area (Å²) < 4.78 is 33.0. The number of hydrogen-bond acceptors (Lipinski definition) is 4. The Bertz CT molecular complexity index is 499. The first-order valence-electron chi connectivity index (χ1n) is 6.09. The van der Waals surface area contributed by atoms with E-state index in [4.69, 9.17) is 16.3 Å². The molecule has 6 nitrogen and oxygen atoms in total. The van der Waals surface area contributed by atoms with Crippen molar-refractivity contribution in [2.75, 3.05) is 19.8 Å². The lowest BCUT2D eigenvalue weighted by Gasteiger charge is -2.07. The van der Waals surface area contributed by atoms with E-state index in [1.807, 2.05) is 0 Å². The maximum absolute atomic E-state index is 11.9. The molecule has 1 aromatic heterocycles. The van der Waals surface area contributed by atoms with Crippen LogP contribution in [-0.4, -0.2) is 37.7 Å². The zero-order valence-corrected chi connectivity index (χ0v) is 13.0. The van der Waals surface area contributed by atoms with Crippen LogP contribution in [0.25, 0.3) is 0 Å². The Kier molecular flexibility index (Phi) is 6.25. The van der Waals surface area contributed by atoms with Gasteiger partial charge in [0, 0.05) is 26.8 Å². The molecule has 1 heterocycles. The highest BCUT2D eigenvalue weighted by atomic mass is 35.5. The number of aromatic nitrogens is 2. The zero-order chi connectivity index (χ0) is 14.5. The Balaban J connectivity index is 2.38. The van der Waals surface area contributed by atoms with Crippen molar-refractivity contribution in [3.8, 4) is 0 Å². The Labute approximate surface area is 119 Å². The van der Waals surface area contributed by atoms with Gasteiger partial charge in [0.15, 0.2) is 0 Å². The van der Waals surface area contributed by atoms with Gasteiger partial charge in [-0.05, 0) is 12.3 Å². The molecule has 1 aromatic rings. The summed E-state index contributed by atoms with van der Waals surface area (Å²) in [5.74, 6) is 0.476. The van der Waals surface area contributed by atoms with Gasteiger partial charge in [0.05, 0.1) is 6.33 Å². The van der Waals surface area contributed by atoms with Gasteiger partial charge >= 0.3 is 0 Å². The van der Waals surface area contributed by atoms with E-state index in [1.54, 1.807) is 7.05 Å². The van der Waals surface area contributed by atoms with Crippen molar-refractivity contribution in [1.82, 2.24) is 14.3 Å². The van der Waals surface area contributed by atoms with E-state index in [0.29, 0.717) is 32.1 Å². The molecule has 0 amide bonds. The number of rotatable bonds is 8. The van der Waals surface area contributed by atoms with Gasteiger partial charge in [-0.15, -0.1) is 0 Å². The summed E-state index contributed by atoms with van der Waals surface area (Å²) in [6.07, 6.45) is 1.97. The van der Waals surface area contributed by atoms with Crippen LogP contribution in [0.3, 0.4) is 0 Å². The minimum Gasteiger partial charge on any atom is -0.381 e. The van der Waals surface area contributed by atoms with Gasteiger partial charge in [-0.25, -0.2) is 18.1 Å². The van der Waals surface area contributed by atoms with Crippen molar-refractivity contribution in [1.29, 1.82) is 0 Å². The lowest BCUT2D eigenvalue weighted by atomic mass is 10.2. The first-order chi connectivity index (χ1) is 8.84. The molecule has 1 rings (SSSR count). The quantitative estimate of drug-likeness (QED) is 0.737. The molecule has 0 atom stereocenters. The normalized spacial score (nSPS) is 12.3. The molecule has 1 N–H and O–H groups in total. The van der Waals surface area contributed by atoms with Crippen LogP contribution < -0.4 is 4.72 Å². The summed E-state index contributed by atoms with van der Waals surface area (Å²) >= 11 is 5.85. The second-order valence-corrected chi connectivity index (χ2v) is 6.71. The third-order valence-electron chi connectivity index (χ3n) is 2.30. The Morgan fingerprint density at radius 3 is 2.74 bits per heavy atom. The number of nitrogens with zero attached hydrogens (tertiary/aromatic N) is 2. The van der Waals surface area contributed by atoms with E-state index in [9.17, 15) is 8.42 Å². The molecule has 110 valence electrons. The number of aryl methyl sites for hydroxylation is 1.